The molecule has 0 spiro atoms. The van der Waals surface area contributed by atoms with Gasteiger partial charge in [-0.1, -0.05) is 12.1 Å². The normalized spacial score (nSPS) is 13.4. The predicted octanol–water partition coefficient (Wildman–Crippen LogP) is 4.25. The molecule has 0 aliphatic heterocycles. The largest absolute Gasteiger partial charge is 0.508 e. The van der Waals surface area contributed by atoms with E-state index in [0.29, 0.717) is 0 Å². The summed E-state index contributed by atoms with van der Waals surface area (Å²) in [6.45, 7) is 2.03. The highest BCUT2D eigenvalue weighted by Crippen LogP contribution is 2.44. The average molecular weight is 303 g/mol. The number of phenolic OH excluding ortho intramolecular Hbond substituents is 2. The van der Waals surface area contributed by atoms with E-state index in [-0.39, 0.29) is 11.5 Å². The van der Waals surface area contributed by atoms with Crippen molar-refractivity contribution in [3.05, 3.63) is 82.7 Å². The Morgan fingerprint density at radius 3 is 2.43 bits per heavy atom. The molecule has 1 heterocycles. The molecule has 0 bridgehead atoms. The van der Waals surface area contributed by atoms with Gasteiger partial charge in [-0.05, 0) is 77.6 Å². The fraction of sp³-hybridized carbons (Fsp3) is 0.100. The molecule has 1 aliphatic carbocycles. The third-order valence-corrected chi connectivity index (χ3v) is 4.47. The third-order valence-electron chi connectivity index (χ3n) is 4.47. The highest BCUT2D eigenvalue weighted by atomic mass is 16.3. The predicted molar refractivity (Wildman–Crippen MR) is 91.4 cm³/mol. The van der Waals surface area contributed by atoms with E-state index in [1.807, 2.05) is 49.5 Å². The molecular formula is C20H17NO2. The first-order valence-electron chi connectivity index (χ1n) is 7.62. The highest BCUT2D eigenvalue weighted by molar-refractivity contribution is 6.03. The van der Waals surface area contributed by atoms with Crippen molar-refractivity contribution >= 4 is 11.1 Å². The number of phenols is 2. The zero-order valence-corrected chi connectivity index (χ0v) is 12.8. The number of aromatic nitrogens is 1. The summed E-state index contributed by atoms with van der Waals surface area (Å²) in [6, 6.07) is 15.0. The van der Waals surface area contributed by atoms with Crippen LogP contribution in [0.4, 0.5) is 0 Å². The van der Waals surface area contributed by atoms with E-state index >= 15 is 0 Å². The summed E-state index contributed by atoms with van der Waals surface area (Å²) in [5.41, 5.74) is 7.87. The van der Waals surface area contributed by atoms with Crippen LogP contribution < -0.4 is 0 Å². The van der Waals surface area contributed by atoms with Gasteiger partial charge in [0.05, 0.1) is 0 Å². The van der Waals surface area contributed by atoms with Gasteiger partial charge in [0, 0.05) is 17.5 Å². The van der Waals surface area contributed by atoms with Crippen LogP contribution in [0.2, 0.25) is 0 Å². The topological polar surface area (TPSA) is 56.2 Å². The van der Waals surface area contributed by atoms with Gasteiger partial charge in [0.1, 0.15) is 11.5 Å². The molecule has 114 valence electrons. The molecule has 3 aromatic rings. The van der Waals surface area contributed by atoms with E-state index in [9.17, 15) is 10.2 Å². The molecular weight excluding hydrogens is 286 g/mol. The molecule has 0 amide bonds. The lowest BCUT2D eigenvalue weighted by Gasteiger charge is -2.09. The lowest BCUT2D eigenvalue weighted by atomic mass is 9.98. The van der Waals surface area contributed by atoms with Crippen LogP contribution in [0.5, 0.6) is 11.5 Å². The first-order chi connectivity index (χ1) is 11.1. The number of aryl methyl sites for hydroxylation is 1. The number of nitrogens with one attached hydrogen (secondary N) is 1. The van der Waals surface area contributed by atoms with Crippen LogP contribution in [0, 0.1) is 6.92 Å². The molecule has 23 heavy (non-hydrogen) atoms. The molecule has 3 N–H and O–H groups in total. The minimum Gasteiger partial charge on any atom is -0.508 e. The van der Waals surface area contributed by atoms with Crippen molar-refractivity contribution in [3.63, 3.8) is 0 Å². The van der Waals surface area contributed by atoms with Crippen LogP contribution in [0.25, 0.3) is 11.1 Å². The van der Waals surface area contributed by atoms with Gasteiger partial charge in [0.25, 0.3) is 0 Å². The molecule has 0 saturated carbocycles. The van der Waals surface area contributed by atoms with Gasteiger partial charge in [0.2, 0.25) is 0 Å². The smallest absolute Gasteiger partial charge is 0.116 e. The van der Waals surface area contributed by atoms with Crippen LogP contribution in [-0.2, 0) is 6.42 Å². The fourth-order valence-corrected chi connectivity index (χ4v) is 3.39. The minimum atomic E-state index is 0.264. The molecule has 1 aromatic heterocycles. The van der Waals surface area contributed by atoms with Gasteiger partial charge >= 0.3 is 0 Å². The Kier molecular flexibility index (Phi) is 3.01. The molecule has 0 atom stereocenters. The maximum atomic E-state index is 10.0. The van der Waals surface area contributed by atoms with Gasteiger partial charge in [-0.15, -0.1) is 0 Å². The number of H-pyrrole nitrogens is 1. The quantitative estimate of drug-likeness (QED) is 0.663. The number of rotatable bonds is 2. The first kappa shape index (κ1) is 13.7. The zero-order chi connectivity index (χ0) is 16.0. The molecule has 0 fully saturated rings. The van der Waals surface area contributed by atoms with Gasteiger partial charge in [-0.2, -0.15) is 0 Å². The van der Waals surface area contributed by atoms with Crippen LogP contribution in [0.1, 0.15) is 27.9 Å². The number of benzene rings is 2. The van der Waals surface area contributed by atoms with Crippen molar-refractivity contribution in [1.82, 2.24) is 4.98 Å². The van der Waals surface area contributed by atoms with E-state index in [1.165, 1.54) is 11.1 Å². The molecule has 3 heteroatoms. The van der Waals surface area contributed by atoms with Gasteiger partial charge in [-0.3, -0.25) is 0 Å². The summed E-state index contributed by atoms with van der Waals surface area (Å²) in [5, 5.41) is 19.6. The maximum Gasteiger partial charge on any atom is 0.116 e. The van der Waals surface area contributed by atoms with Crippen LogP contribution in [-0.4, -0.2) is 15.2 Å². The number of aromatic hydroxyl groups is 2. The maximum absolute atomic E-state index is 10.0. The summed E-state index contributed by atoms with van der Waals surface area (Å²) >= 11 is 0. The van der Waals surface area contributed by atoms with Crippen LogP contribution in [0.15, 0.2) is 54.7 Å². The van der Waals surface area contributed by atoms with Gasteiger partial charge < -0.3 is 15.2 Å². The summed E-state index contributed by atoms with van der Waals surface area (Å²) in [6.07, 6.45) is 2.73. The Hall–Kier alpha value is -2.94. The van der Waals surface area contributed by atoms with Crippen LogP contribution >= 0.6 is 0 Å². The standard InChI is InChI=1S/C20H17NO2/c1-12-9-15(23)10-18-16(12)11-17(13-4-6-14(22)7-5-13)20(18)19-3-2-8-21-19/h2-10,21-23H,11H2,1H3. The fourth-order valence-electron chi connectivity index (χ4n) is 3.39. The third kappa shape index (κ3) is 2.21. The monoisotopic (exact) mass is 303 g/mol. The summed E-state index contributed by atoms with van der Waals surface area (Å²) in [7, 11) is 0. The minimum absolute atomic E-state index is 0.264. The number of allylic oxidation sites excluding steroid dienone is 1. The Morgan fingerprint density at radius 1 is 0.957 bits per heavy atom. The lowest BCUT2D eigenvalue weighted by Crippen LogP contribution is -1.90. The number of hydrogen-bond donors (Lipinski definition) is 3. The molecule has 2 aromatic carbocycles. The SMILES string of the molecule is Cc1cc(O)cc2c1CC(c1ccc(O)cc1)=C2c1ccc[nH]1. The molecule has 0 unspecified atom stereocenters. The Bertz CT molecular complexity index is 904. The lowest BCUT2D eigenvalue weighted by molar-refractivity contribution is 0.474. The Balaban J connectivity index is 1.98. The van der Waals surface area contributed by atoms with Crippen molar-refractivity contribution in [2.24, 2.45) is 0 Å². The molecule has 1 aliphatic rings. The molecule has 4 rings (SSSR count). The summed E-state index contributed by atoms with van der Waals surface area (Å²) in [5.74, 6) is 0.553. The number of fused-ring (bicyclic) bond motifs is 1. The van der Waals surface area contributed by atoms with Crippen molar-refractivity contribution in [1.29, 1.82) is 0 Å². The van der Waals surface area contributed by atoms with Gasteiger partial charge in [0.15, 0.2) is 0 Å². The second-order valence-corrected chi connectivity index (χ2v) is 5.95. The molecule has 3 nitrogen and oxygen atoms in total. The second-order valence-electron chi connectivity index (χ2n) is 5.95. The van der Waals surface area contributed by atoms with Crippen LogP contribution in [0.3, 0.4) is 0 Å². The van der Waals surface area contributed by atoms with Gasteiger partial charge in [-0.25, -0.2) is 0 Å². The molecule has 0 saturated heterocycles. The highest BCUT2D eigenvalue weighted by Gasteiger charge is 2.26. The number of aromatic amines is 1. The Labute approximate surface area is 134 Å². The number of hydrogen-bond acceptors (Lipinski definition) is 2. The zero-order valence-electron chi connectivity index (χ0n) is 12.8. The van der Waals surface area contributed by atoms with E-state index in [1.54, 1.807) is 12.1 Å². The van der Waals surface area contributed by atoms with E-state index in [2.05, 4.69) is 4.98 Å². The van der Waals surface area contributed by atoms with E-state index in [0.717, 1.165) is 34.4 Å². The van der Waals surface area contributed by atoms with E-state index in [4.69, 9.17) is 0 Å². The van der Waals surface area contributed by atoms with Crippen molar-refractivity contribution in [2.75, 3.05) is 0 Å². The van der Waals surface area contributed by atoms with Crippen molar-refractivity contribution in [3.8, 4) is 11.5 Å². The van der Waals surface area contributed by atoms with Crippen molar-refractivity contribution < 1.29 is 10.2 Å². The molecule has 0 radical (unpaired) electrons. The second kappa shape index (κ2) is 5.06. The average Bonchev–Trinajstić information content (AvgIpc) is 3.14. The summed E-state index contributed by atoms with van der Waals surface area (Å²) < 4.78 is 0. The Morgan fingerprint density at radius 2 is 1.74 bits per heavy atom. The summed E-state index contributed by atoms with van der Waals surface area (Å²) in [4.78, 5) is 3.28. The van der Waals surface area contributed by atoms with Crippen molar-refractivity contribution in [2.45, 2.75) is 13.3 Å². The van der Waals surface area contributed by atoms with E-state index < -0.39 is 0 Å². The first-order valence-corrected chi connectivity index (χ1v) is 7.62.